The van der Waals surface area contributed by atoms with Crippen molar-refractivity contribution in [1.29, 1.82) is 0 Å². The number of benzene rings is 3. The predicted molar refractivity (Wildman–Crippen MR) is 124 cm³/mol. The highest BCUT2D eigenvalue weighted by molar-refractivity contribution is 7.98. The van der Waals surface area contributed by atoms with Crippen molar-refractivity contribution in [2.45, 2.75) is 17.5 Å². The molecule has 0 aliphatic rings. The van der Waals surface area contributed by atoms with Crippen molar-refractivity contribution in [1.82, 2.24) is 9.55 Å². The van der Waals surface area contributed by atoms with Gasteiger partial charge in [-0.3, -0.25) is 9.36 Å². The Labute approximate surface area is 179 Å². The largest absolute Gasteiger partial charge is 0.496 e. The maximum atomic E-state index is 13.3. The van der Waals surface area contributed by atoms with Crippen LogP contribution in [0.15, 0.2) is 89.3 Å². The summed E-state index contributed by atoms with van der Waals surface area (Å²) in [7, 11) is 1.64. The van der Waals surface area contributed by atoms with E-state index in [4.69, 9.17) is 9.72 Å². The first-order valence-corrected chi connectivity index (χ1v) is 10.6. The molecular weight excluding hydrogens is 392 g/mol. The number of nitrogens with zero attached hydrogens (tertiary/aromatic N) is 2. The molecule has 0 atom stereocenters. The van der Waals surface area contributed by atoms with Gasteiger partial charge >= 0.3 is 0 Å². The van der Waals surface area contributed by atoms with E-state index in [1.165, 1.54) is 0 Å². The molecule has 4 aromatic rings. The van der Waals surface area contributed by atoms with Crippen LogP contribution in [0.2, 0.25) is 0 Å². The molecule has 5 heteroatoms. The lowest BCUT2D eigenvalue weighted by atomic mass is 10.1. The Hall–Kier alpha value is -3.31. The van der Waals surface area contributed by atoms with Gasteiger partial charge in [0.15, 0.2) is 5.16 Å². The SMILES string of the molecule is C=Cc1ccc(CSc2nc3ccccc3c(=O)n2Cc2ccccc2OC)cc1. The number of hydrogen-bond donors (Lipinski definition) is 0. The summed E-state index contributed by atoms with van der Waals surface area (Å²) in [6, 6.07) is 23.5. The third-order valence-electron chi connectivity index (χ3n) is 4.93. The van der Waals surface area contributed by atoms with Crippen LogP contribution in [0.4, 0.5) is 0 Å². The fourth-order valence-electron chi connectivity index (χ4n) is 3.30. The van der Waals surface area contributed by atoms with E-state index in [0.717, 1.165) is 22.4 Å². The standard InChI is InChI=1S/C25H22N2O2S/c1-3-18-12-14-19(15-13-18)17-30-25-26-22-10-6-5-9-21(22)24(28)27(25)16-20-8-4-7-11-23(20)29-2/h3-15H,1,16-17H2,2H3. The molecule has 1 aromatic heterocycles. The van der Waals surface area contributed by atoms with Crippen LogP contribution >= 0.6 is 11.8 Å². The Balaban J connectivity index is 1.73. The number of ether oxygens (including phenoxy) is 1. The van der Waals surface area contributed by atoms with Crippen molar-refractivity contribution in [3.8, 4) is 5.75 Å². The van der Waals surface area contributed by atoms with Crippen molar-refractivity contribution in [2.75, 3.05) is 7.11 Å². The first-order valence-electron chi connectivity index (χ1n) is 9.65. The number of hydrogen-bond acceptors (Lipinski definition) is 4. The van der Waals surface area contributed by atoms with Crippen LogP contribution in [-0.4, -0.2) is 16.7 Å². The second kappa shape index (κ2) is 9.01. The lowest BCUT2D eigenvalue weighted by Crippen LogP contribution is -2.24. The summed E-state index contributed by atoms with van der Waals surface area (Å²) in [5, 5.41) is 1.31. The normalized spacial score (nSPS) is 10.8. The minimum atomic E-state index is -0.0454. The minimum absolute atomic E-state index is 0.0454. The lowest BCUT2D eigenvalue weighted by Gasteiger charge is -2.15. The van der Waals surface area contributed by atoms with Gasteiger partial charge in [-0.05, 0) is 29.3 Å². The third kappa shape index (κ3) is 4.16. The van der Waals surface area contributed by atoms with Crippen LogP contribution in [0.25, 0.3) is 17.0 Å². The van der Waals surface area contributed by atoms with E-state index in [1.807, 2.05) is 66.7 Å². The molecule has 0 bridgehead atoms. The third-order valence-corrected chi connectivity index (χ3v) is 5.98. The van der Waals surface area contributed by atoms with Crippen molar-refractivity contribution in [3.63, 3.8) is 0 Å². The predicted octanol–water partition coefficient (Wildman–Crippen LogP) is 5.39. The number of para-hydroxylation sites is 2. The molecule has 150 valence electrons. The monoisotopic (exact) mass is 414 g/mol. The van der Waals surface area contributed by atoms with Gasteiger partial charge in [-0.2, -0.15) is 0 Å². The molecule has 30 heavy (non-hydrogen) atoms. The van der Waals surface area contributed by atoms with E-state index in [0.29, 0.717) is 28.4 Å². The number of fused-ring (bicyclic) bond motifs is 1. The first-order chi connectivity index (χ1) is 14.7. The topological polar surface area (TPSA) is 44.1 Å². The van der Waals surface area contributed by atoms with E-state index in [2.05, 4.69) is 18.7 Å². The number of rotatable bonds is 7. The molecule has 3 aromatic carbocycles. The Morgan fingerprint density at radius 3 is 2.53 bits per heavy atom. The molecular formula is C25H22N2O2S. The van der Waals surface area contributed by atoms with E-state index >= 15 is 0 Å². The van der Waals surface area contributed by atoms with Crippen molar-refractivity contribution < 1.29 is 4.74 Å². The van der Waals surface area contributed by atoms with Gasteiger partial charge in [-0.15, -0.1) is 0 Å². The summed E-state index contributed by atoms with van der Waals surface area (Å²) in [6.07, 6.45) is 1.83. The summed E-state index contributed by atoms with van der Waals surface area (Å²) in [6.45, 7) is 4.20. The molecule has 1 heterocycles. The van der Waals surface area contributed by atoms with Crippen LogP contribution in [0.3, 0.4) is 0 Å². The smallest absolute Gasteiger partial charge is 0.262 e. The van der Waals surface area contributed by atoms with Crippen LogP contribution in [-0.2, 0) is 12.3 Å². The summed E-state index contributed by atoms with van der Waals surface area (Å²) in [5.41, 5.74) is 3.85. The van der Waals surface area contributed by atoms with Gasteiger partial charge in [-0.1, -0.05) is 79.0 Å². The highest BCUT2D eigenvalue weighted by atomic mass is 32.2. The molecule has 0 aliphatic carbocycles. The molecule has 0 saturated carbocycles. The first kappa shape index (κ1) is 20.0. The number of methoxy groups -OCH3 is 1. The van der Waals surface area contributed by atoms with E-state index in [-0.39, 0.29) is 5.56 Å². The Morgan fingerprint density at radius 2 is 1.77 bits per heavy atom. The van der Waals surface area contributed by atoms with E-state index < -0.39 is 0 Å². The Morgan fingerprint density at radius 1 is 1.03 bits per heavy atom. The Bertz CT molecular complexity index is 1250. The maximum Gasteiger partial charge on any atom is 0.262 e. The van der Waals surface area contributed by atoms with Crippen LogP contribution in [0, 0.1) is 0 Å². The van der Waals surface area contributed by atoms with Gasteiger partial charge in [0.05, 0.1) is 24.6 Å². The number of aromatic nitrogens is 2. The van der Waals surface area contributed by atoms with Gasteiger partial charge in [-0.25, -0.2) is 4.98 Å². The second-order valence-corrected chi connectivity index (χ2v) is 7.79. The van der Waals surface area contributed by atoms with Gasteiger partial charge in [0.1, 0.15) is 5.75 Å². The average molecular weight is 415 g/mol. The van der Waals surface area contributed by atoms with Crippen molar-refractivity contribution in [3.05, 3.63) is 106 Å². The zero-order valence-corrected chi connectivity index (χ0v) is 17.6. The summed E-state index contributed by atoms with van der Waals surface area (Å²) in [4.78, 5) is 18.1. The summed E-state index contributed by atoms with van der Waals surface area (Å²) >= 11 is 1.56. The molecule has 0 aliphatic heterocycles. The molecule has 4 nitrogen and oxygen atoms in total. The fourth-order valence-corrected chi connectivity index (χ4v) is 4.25. The molecule has 0 radical (unpaired) electrons. The van der Waals surface area contributed by atoms with Gasteiger partial charge in [0.2, 0.25) is 0 Å². The van der Waals surface area contributed by atoms with E-state index in [1.54, 1.807) is 23.4 Å². The zero-order valence-electron chi connectivity index (χ0n) is 16.7. The highest BCUT2D eigenvalue weighted by Gasteiger charge is 2.14. The fraction of sp³-hybridized carbons (Fsp3) is 0.120. The van der Waals surface area contributed by atoms with Crippen molar-refractivity contribution in [2.24, 2.45) is 0 Å². The summed E-state index contributed by atoms with van der Waals surface area (Å²) < 4.78 is 7.22. The Kier molecular flexibility index (Phi) is 6.00. The van der Waals surface area contributed by atoms with Crippen LogP contribution in [0.5, 0.6) is 5.75 Å². The molecule has 4 rings (SSSR count). The molecule has 0 amide bonds. The number of thioether (sulfide) groups is 1. The van der Waals surface area contributed by atoms with Crippen LogP contribution in [0.1, 0.15) is 16.7 Å². The molecule has 0 N–H and O–H groups in total. The molecule has 0 spiro atoms. The highest BCUT2D eigenvalue weighted by Crippen LogP contribution is 2.25. The quantitative estimate of drug-likeness (QED) is 0.300. The molecule has 0 saturated heterocycles. The van der Waals surface area contributed by atoms with Crippen LogP contribution < -0.4 is 10.3 Å². The average Bonchev–Trinajstić information content (AvgIpc) is 2.80. The zero-order chi connectivity index (χ0) is 20.9. The molecule has 0 fully saturated rings. The van der Waals surface area contributed by atoms with Gasteiger partial charge in [0.25, 0.3) is 5.56 Å². The van der Waals surface area contributed by atoms with Gasteiger partial charge < -0.3 is 4.74 Å². The lowest BCUT2D eigenvalue weighted by molar-refractivity contribution is 0.407. The minimum Gasteiger partial charge on any atom is -0.496 e. The maximum absolute atomic E-state index is 13.3. The van der Waals surface area contributed by atoms with E-state index in [9.17, 15) is 4.79 Å². The van der Waals surface area contributed by atoms with Crippen molar-refractivity contribution >= 4 is 28.7 Å². The van der Waals surface area contributed by atoms with Gasteiger partial charge in [0, 0.05) is 11.3 Å². The summed E-state index contributed by atoms with van der Waals surface area (Å²) in [5.74, 6) is 1.47. The second-order valence-electron chi connectivity index (χ2n) is 6.85. The molecule has 0 unspecified atom stereocenters.